The summed E-state index contributed by atoms with van der Waals surface area (Å²) >= 11 is 0. The summed E-state index contributed by atoms with van der Waals surface area (Å²) < 4.78 is 24.8. The van der Waals surface area contributed by atoms with Crippen LogP contribution >= 0.6 is 0 Å². The van der Waals surface area contributed by atoms with E-state index in [4.69, 9.17) is 18.9 Å². The van der Waals surface area contributed by atoms with Crippen molar-refractivity contribution in [1.82, 2.24) is 0 Å². The van der Waals surface area contributed by atoms with Crippen LogP contribution in [0.15, 0.2) is 11.6 Å². The van der Waals surface area contributed by atoms with E-state index in [0.717, 1.165) is 19.3 Å². The van der Waals surface area contributed by atoms with E-state index in [1.54, 1.807) is 0 Å². The molecule has 13 heteroatoms. The van der Waals surface area contributed by atoms with Crippen molar-refractivity contribution in [2.45, 2.75) is 186 Å². The van der Waals surface area contributed by atoms with Crippen LogP contribution in [-0.4, -0.2) is 138 Å². The second-order valence-electron chi connectivity index (χ2n) is 19.8. The summed E-state index contributed by atoms with van der Waals surface area (Å²) in [4.78, 5) is 0. The molecule has 0 spiro atoms. The molecule has 0 amide bonds. The van der Waals surface area contributed by atoms with E-state index in [1.807, 2.05) is 20.8 Å². The number of fused-ring (bicyclic) bond motifs is 5. The minimum Gasteiger partial charge on any atom is -0.394 e. The second-order valence-corrected chi connectivity index (χ2v) is 19.8. The van der Waals surface area contributed by atoms with Crippen molar-refractivity contribution in [1.29, 1.82) is 0 Å². The maximum Gasteiger partial charge on any atom is 0.187 e. The van der Waals surface area contributed by atoms with Gasteiger partial charge in [-0.2, -0.15) is 0 Å². The molecule has 6 rings (SSSR count). The molecule has 13 nitrogen and oxygen atoms in total. The van der Waals surface area contributed by atoms with Gasteiger partial charge in [-0.1, -0.05) is 46.3 Å². The molecule has 0 aromatic heterocycles. The van der Waals surface area contributed by atoms with Gasteiger partial charge in [0.1, 0.15) is 42.7 Å². The van der Waals surface area contributed by atoms with Crippen LogP contribution < -0.4 is 0 Å². The Labute approximate surface area is 320 Å². The predicted octanol–water partition coefficient (Wildman–Crippen LogP) is 1.76. The fourth-order valence-corrected chi connectivity index (χ4v) is 13.1. The smallest absolute Gasteiger partial charge is 0.187 e. The first kappa shape index (κ1) is 42.8. The molecule has 0 aromatic rings. The van der Waals surface area contributed by atoms with Crippen LogP contribution in [0.1, 0.15) is 107 Å². The van der Waals surface area contributed by atoms with Gasteiger partial charge in [0.05, 0.1) is 37.1 Å². The Morgan fingerprint density at radius 1 is 0.833 bits per heavy atom. The number of aliphatic hydroxyl groups excluding tert-OH is 8. The Hall–Kier alpha value is -0.780. The third kappa shape index (κ3) is 6.86. The topological polar surface area (TPSA) is 219 Å². The fraction of sp³-hybridized carbons (Fsp3) is 0.951. The molecule has 6 fully saturated rings. The Morgan fingerprint density at radius 3 is 2.17 bits per heavy atom. The summed E-state index contributed by atoms with van der Waals surface area (Å²) in [6, 6.07) is 0. The summed E-state index contributed by atoms with van der Waals surface area (Å²) in [6.07, 6.45) is -7.90. The zero-order valence-corrected chi connectivity index (χ0v) is 33.5. The quantitative estimate of drug-likeness (QED) is 0.121. The lowest BCUT2D eigenvalue weighted by Gasteiger charge is -2.72. The van der Waals surface area contributed by atoms with Crippen LogP contribution in [0, 0.1) is 45.3 Å². The van der Waals surface area contributed by atoms with Crippen LogP contribution in [-0.2, 0) is 18.9 Å². The third-order valence-corrected chi connectivity index (χ3v) is 16.1. The lowest BCUT2D eigenvalue weighted by molar-refractivity contribution is -0.377. The predicted molar refractivity (Wildman–Crippen MR) is 196 cm³/mol. The van der Waals surface area contributed by atoms with Crippen molar-refractivity contribution in [3.63, 3.8) is 0 Å². The van der Waals surface area contributed by atoms with Gasteiger partial charge in [-0.15, -0.1) is 0 Å². The summed E-state index contributed by atoms with van der Waals surface area (Å²) in [5.41, 5.74) is -1.69. The van der Waals surface area contributed by atoms with Crippen LogP contribution in [0.2, 0.25) is 0 Å². The van der Waals surface area contributed by atoms with E-state index < -0.39 is 107 Å². The van der Waals surface area contributed by atoms with Gasteiger partial charge in [0.15, 0.2) is 12.6 Å². The van der Waals surface area contributed by atoms with Crippen LogP contribution in [0.5, 0.6) is 0 Å². The third-order valence-electron chi connectivity index (χ3n) is 16.1. The van der Waals surface area contributed by atoms with E-state index in [1.165, 1.54) is 5.57 Å². The first-order valence-corrected chi connectivity index (χ1v) is 20.4. The minimum atomic E-state index is -1.68. The Morgan fingerprint density at radius 2 is 1.52 bits per heavy atom. The molecule has 6 aliphatic rings. The van der Waals surface area contributed by atoms with Gasteiger partial charge in [0, 0.05) is 0 Å². The average Bonchev–Trinajstić information content (AvgIpc) is 3.48. The standard InChI is InChI=1S/C41H70O13/c1-20(2)10-9-13-41(8,50)21-11-15-39(6)28(21)22(43)16-26-38(5)14-12-27(45)37(3,4)34(38)24(17-40(26,39)7)52-36-33(31(48)30(47)25(18-42)53-36)54-35-32(49)29(46)23(44)19-51-35/h10,21-36,42-50H,9,11-19H2,1-8H3/t21-,22+,23+,24-,25+,26?,27-,28-,29-,30+,31-,32+,33+,34?,35-,36+,38+,39+,40+,41?/m1/s1. The van der Waals surface area contributed by atoms with Gasteiger partial charge in [0.25, 0.3) is 0 Å². The Bertz CT molecular complexity index is 1350. The van der Waals surface area contributed by atoms with Crippen LogP contribution in [0.25, 0.3) is 0 Å². The molecule has 54 heavy (non-hydrogen) atoms. The van der Waals surface area contributed by atoms with Gasteiger partial charge in [0.2, 0.25) is 0 Å². The molecule has 9 N–H and O–H groups in total. The van der Waals surface area contributed by atoms with Gasteiger partial charge >= 0.3 is 0 Å². The van der Waals surface area contributed by atoms with Crippen molar-refractivity contribution >= 4 is 0 Å². The molecule has 3 unspecified atom stereocenters. The van der Waals surface area contributed by atoms with E-state index >= 15 is 0 Å². The molecule has 4 aliphatic carbocycles. The van der Waals surface area contributed by atoms with E-state index in [9.17, 15) is 46.0 Å². The van der Waals surface area contributed by atoms with E-state index in [-0.39, 0.29) is 30.3 Å². The molecule has 20 atom stereocenters. The van der Waals surface area contributed by atoms with Crippen LogP contribution in [0.4, 0.5) is 0 Å². The van der Waals surface area contributed by atoms with Crippen molar-refractivity contribution < 1.29 is 64.9 Å². The van der Waals surface area contributed by atoms with Crippen molar-refractivity contribution in [3.8, 4) is 0 Å². The number of hydrogen-bond donors (Lipinski definition) is 9. The number of hydrogen-bond acceptors (Lipinski definition) is 13. The number of allylic oxidation sites excluding steroid dienone is 2. The number of aliphatic hydroxyl groups is 9. The lowest BCUT2D eigenvalue weighted by atomic mass is 9.34. The largest absolute Gasteiger partial charge is 0.394 e. The van der Waals surface area contributed by atoms with Gasteiger partial charge in [-0.25, -0.2) is 0 Å². The zero-order valence-electron chi connectivity index (χ0n) is 33.5. The van der Waals surface area contributed by atoms with Crippen LogP contribution in [0.3, 0.4) is 0 Å². The molecular weight excluding hydrogens is 700 g/mol. The highest BCUT2D eigenvalue weighted by Gasteiger charge is 2.73. The van der Waals surface area contributed by atoms with Gasteiger partial charge in [-0.3, -0.25) is 0 Å². The molecule has 312 valence electrons. The lowest BCUT2D eigenvalue weighted by Crippen LogP contribution is -2.71. The van der Waals surface area contributed by atoms with Crippen molar-refractivity contribution in [2.75, 3.05) is 13.2 Å². The second kappa shape index (κ2) is 15.1. The highest BCUT2D eigenvalue weighted by molar-refractivity contribution is 5.22. The number of ether oxygens (including phenoxy) is 4. The Balaban J connectivity index is 1.38. The molecule has 0 aromatic carbocycles. The summed E-state index contributed by atoms with van der Waals surface area (Å²) in [6.45, 7) is 16.0. The summed E-state index contributed by atoms with van der Waals surface area (Å²) in [7, 11) is 0. The SMILES string of the molecule is CC(C)=CCCC(C)(O)[C@@H]1CC[C@@]2(C)[C@H]1[C@@H](O)CC1[C@]3(C)CC[C@@H](O)C(C)(C)C3[C@H](O[C@H]3O[C@@H](CO)[C@H](O)[C@@H](O)[C@@H]3O[C@H]3OC[C@H](O)[C@@H](O)[C@@H]3O)C[C@@]12C. The molecule has 0 bridgehead atoms. The fourth-order valence-electron chi connectivity index (χ4n) is 13.1. The maximum atomic E-state index is 12.2. The van der Waals surface area contributed by atoms with Gasteiger partial charge in [-0.05, 0) is 117 Å². The molecule has 2 heterocycles. The Kier molecular flexibility index (Phi) is 12.0. The molecule has 4 saturated carbocycles. The number of rotatable bonds is 9. The van der Waals surface area contributed by atoms with Crippen molar-refractivity contribution in [2.24, 2.45) is 45.3 Å². The molecular formula is C41H70O13. The molecule has 2 aliphatic heterocycles. The van der Waals surface area contributed by atoms with E-state index in [0.29, 0.717) is 32.1 Å². The molecule has 0 radical (unpaired) electrons. The summed E-state index contributed by atoms with van der Waals surface area (Å²) in [5.74, 6) is -0.513. The minimum absolute atomic E-state index is 0.0443. The maximum absolute atomic E-state index is 12.2. The zero-order chi connectivity index (χ0) is 39.9. The first-order chi connectivity index (χ1) is 25.0. The highest BCUT2D eigenvalue weighted by Crippen LogP contribution is 2.76. The summed E-state index contributed by atoms with van der Waals surface area (Å²) in [5, 5.41) is 99.6. The first-order valence-electron chi connectivity index (χ1n) is 20.4. The monoisotopic (exact) mass is 770 g/mol. The van der Waals surface area contributed by atoms with Gasteiger partial charge < -0.3 is 64.9 Å². The molecule has 2 saturated heterocycles. The van der Waals surface area contributed by atoms with Crippen molar-refractivity contribution in [3.05, 3.63) is 11.6 Å². The highest BCUT2D eigenvalue weighted by atomic mass is 16.8. The van der Waals surface area contributed by atoms with E-state index in [2.05, 4.69) is 40.7 Å². The normalized spacial score (nSPS) is 52.8. The average molecular weight is 771 g/mol.